The van der Waals surface area contributed by atoms with E-state index in [1.165, 1.54) is 25.8 Å². The van der Waals surface area contributed by atoms with Crippen LogP contribution in [0.25, 0.3) is 0 Å². The fourth-order valence-electron chi connectivity index (χ4n) is 2.49. The Morgan fingerprint density at radius 2 is 2.00 bits per heavy atom. The molecule has 1 rings (SSSR count). The number of carbonyl (C=O) groups is 4. The van der Waals surface area contributed by atoms with E-state index in [0.29, 0.717) is 25.8 Å². The van der Waals surface area contributed by atoms with E-state index in [0.717, 1.165) is 12.8 Å². The van der Waals surface area contributed by atoms with Gasteiger partial charge in [0.2, 0.25) is 12.2 Å². The number of likely N-dealkylation sites (N-methyl/N-ethyl adjacent to an activating group) is 1. The zero-order valence-corrected chi connectivity index (χ0v) is 14.5. The SMILES string of the molecule is CC(=O)NCCCC(=O)OC(C)OC(=O)N(C)C1CCCCC1=O. The number of rotatable bonds is 7. The minimum Gasteiger partial charge on any atom is -0.425 e. The van der Waals surface area contributed by atoms with Crippen LogP contribution < -0.4 is 5.32 Å². The second-order valence-electron chi connectivity index (χ2n) is 5.87. The molecule has 136 valence electrons. The summed E-state index contributed by atoms with van der Waals surface area (Å²) in [6.45, 7) is 3.22. The third-order valence-electron chi connectivity index (χ3n) is 3.77. The van der Waals surface area contributed by atoms with Gasteiger partial charge in [-0.2, -0.15) is 0 Å². The predicted molar refractivity (Wildman–Crippen MR) is 85.0 cm³/mol. The Kier molecular flexibility index (Phi) is 8.21. The van der Waals surface area contributed by atoms with E-state index in [-0.39, 0.29) is 18.1 Å². The smallest absolute Gasteiger partial charge is 0.413 e. The van der Waals surface area contributed by atoms with Crippen molar-refractivity contribution in [1.29, 1.82) is 0 Å². The molecule has 0 aromatic carbocycles. The van der Waals surface area contributed by atoms with Crippen molar-refractivity contribution in [2.24, 2.45) is 0 Å². The van der Waals surface area contributed by atoms with E-state index in [9.17, 15) is 19.2 Å². The highest BCUT2D eigenvalue weighted by Crippen LogP contribution is 2.19. The van der Waals surface area contributed by atoms with Crippen LogP contribution in [0.4, 0.5) is 4.79 Å². The molecular formula is C16H26N2O6. The molecular weight excluding hydrogens is 316 g/mol. The first-order chi connectivity index (χ1) is 11.3. The Morgan fingerprint density at radius 3 is 2.62 bits per heavy atom. The van der Waals surface area contributed by atoms with Crippen molar-refractivity contribution in [3.63, 3.8) is 0 Å². The van der Waals surface area contributed by atoms with Crippen molar-refractivity contribution >= 4 is 23.8 Å². The normalized spacial score (nSPS) is 18.5. The fraction of sp³-hybridized carbons (Fsp3) is 0.750. The number of carbonyl (C=O) groups excluding carboxylic acids is 4. The number of hydrogen-bond acceptors (Lipinski definition) is 6. The summed E-state index contributed by atoms with van der Waals surface area (Å²) in [7, 11) is 1.51. The molecule has 0 saturated heterocycles. The monoisotopic (exact) mass is 342 g/mol. The highest BCUT2D eigenvalue weighted by Gasteiger charge is 2.30. The molecule has 2 unspecified atom stereocenters. The van der Waals surface area contributed by atoms with Gasteiger partial charge in [-0.05, 0) is 19.3 Å². The molecule has 0 heterocycles. The molecule has 8 heteroatoms. The molecule has 0 spiro atoms. The van der Waals surface area contributed by atoms with Crippen LogP contribution in [0.5, 0.6) is 0 Å². The maximum absolute atomic E-state index is 12.0. The van der Waals surface area contributed by atoms with Crippen LogP contribution in [0, 0.1) is 0 Å². The highest BCUT2D eigenvalue weighted by molar-refractivity contribution is 5.87. The van der Waals surface area contributed by atoms with Crippen molar-refractivity contribution in [2.45, 2.75) is 64.7 Å². The molecule has 24 heavy (non-hydrogen) atoms. The van der Waals surface area contributed by atoms with Crippen LogP contribution in [0.2, 0.25) is 0 Å². The van der Waals surface area contributed by atoms with E-state index in [2.05, 4.69) is 5.32 Å². The highest BCUT2D eigenvalue weighted by atomic mass is 16.7. The van der Waals surface area contributed by atoms with Crippen LogP contribution in [0.1, 0.15) is 52.4 Å². The number of ketones is 1. The van der Waals surface area contributed by atoms with E-state index < -0.39 is 24.4 Å². The predicted octanol–water partition coefficient (Wildman–Crippen LogP) is 1.37. The lowest BCUT2D eigenvalue weighted by molar-refractivity contribution is -0.166. The summed E-state index contributed by atoms with van der Waals surface area (Å²) < 4.78 is 10.0. The second kappa shape index (κ2) is 9.89. The van der Waals surface area contributed by atoms with E-state index in [1.54, 1.807) is 0 Å². The molecule has 8 nitrogen and oxygen atoms in total. The van der Waals surface area contributed by atoms with E-state index in [1.807, 2.05) is 0 Å². The van der Waals surface area contributed by atoms with Crippen molar-refractivity contribution in [1.82, 2.24) is 10.2 Å². The molecule has 1 saturated carbocycles. The fourth-order valence-corrected chi connectivity index (χ4v) is 2.49. The Bertz CT molecular complexity index is 479. The van der Waals surface area contributed by atoms with Gasteiger partial charge < -0.3 is 19.7 Å². The first-order valence-corrected chi connectivity index (χ1v) is 8.21. The molecule has 0 radical (unpaired) electrons. The molecule has 2 amide bonds. The summed E-state index contributed by atoms with van der Waals surface area (Å²) in [4.78, 5) is 47.4. The van der Waals surface area contributed by atoms with Gasteiger partial charge in [0.05, 0.1) is 6.04 Å². The van der Waals surface area contributed by atoms with Crippen LogP contribution in [-0.4, -0.2) is 54.6 Å². The topological polar surface area (TPSA) is 102 Å². The lowest BCUT2D eigenvalue weighted by atomic mass is 9.93. The molecule has 0 aromatic rings. The van der Waals surface area contributed by atoms with Gasteiger partial charge in [0.25, 0.3) is 0 Å². The van der Waals surface area contributed by atoms with Crippen LogP contribution in [-0.2, 0) is 23.9 Å². The number of hydrogen-bond donors (Lipinski definition) is 1. The van der Waals surface area contributed by atoms with Gasteiger partial charge in [0.15, 0.2) is 5.78 Å². The summed E-state index contributed by atoms with van der Waals surface area (Å²) in [5, 5.41) is 2.57. The number of ether oxygens (including phenoxy) is 2. The average Bonchev–Trinajstić information content (AvgIpc) is 2.51. The van der Waals surface area contributed by atoms with Gasteiger partial charge in [-0.1, -0.05) is 6.42 Å². The number of nitrogens with one attached hydrogen (secondary N) is 1. The first-order valence-electron chi connectivity index (χ1n) is 8.21. The molecule has 2 atom stereocenters. The Labute approximate surface area is 141 Å². The Hall–Kier alpha value is -2.12. The number of nitrogens with zero attached hydrogens (tertiary/aromatic N) is 1. The lowest BCUT2D eigenvalue weighted by Gasteiger charge is -2.30. The van der Waals surface area contributed by atoms with Crippen LogP contribution in [0.3, 0.4) is 0 Å². The van der Waals surface area contributed by atoms with E-state index >= 15 is 0 Å². The van der Waals surface area contributed by atoms with Crippen LogP contribution in [0.15, 0.2) is 0 Å². The first kappa shape index (κ1) is 19.9. The van der Waals surface area contributed by atoms with Crippen molar-refractivity contribution in [3.05, 3.63) is 0 Å². The minimum atomic E-state index is -1.04. The van der Waals surface area contributed by atoms with Gasteiger partial charge in [-0.3, -0.25) is 14.4 Å². The van der Waals surface area contributed by atoms with Crippen molar-refractivity contribution in [3.8, 4) is 0 Å². The molecule has 1 N–H and O–H groups in total. The number of amides is 2. The second-order valence-corrected chi connectivity index (χ2v) is 5.87. The summed E-state index contributed by atoms with van der Waals surface area (Å²) in [6, 6.07) is -0.466. The van der Waals surface area contributed by atoms with Crippen molar-refractivity contribution in [2.75, 3.05) is 13.6 Å². The quantitative estimate of drug-likeness (QED) is 0.426. The maximum atomic E-state index is 12.0. The third-order valence-corrected chi connectivity index (χ3v) is 3.77. The average molecular weight is 342 g/mol. The van der Waals surface area contributed by atoms with Crippen molar-refractivity contribution < 1.29 is 28.7 Å². The number of Topliss-reactive ketones (excluding diaryl/α,β-unsaturated/α-hetero) is 1. The summed E-state index contributed by atoms with van der Waals surface area (Å²) in [5.74, 6) is -0.647. The summed E-state index contributed by atoms with van der Waals surface area (Å²) >= 11 is 0. The molecule has 1 fully saturated rings. The molecule has 1 aliphatic rings. The summed E-state index contributed by atoms with van der Waals surface area (Å²) in [6.07, 6.45) is 1.68. The summed E-state index contributed by atoms with van der Waals surface area (Å²) in [5.41, 5.74) is 0. The van der Waals surface area contributed by atoms with Gasteiger partial charge in [-0.25, -0.2) is 4.79 Å². The van der Waals surface area contributed by atoms with Crippen LogP contribution >= 0.6 is 0 Å². The molecule has 0 bridgehead atoms. The minimum absolute atomic E-state index is 0.0309. The Balaban J connectivity index is 2.31. The third kappa shape index (κ3) is 6.97. The Morgan fingerprint density at radius 1 is 1.29 bits per heavy atom. The number of esters is 1. The molecule has 1 aliphatic carbocycles. The van der Waals surface area contributed by atoms with Gasteiger partial charge in [-0.15, -0.1) is 0 Å². The largest absolute Gasteiger partial charge is 0.425 e. The zero-order valence-electron chi connectivity index (χ0n) is 14.5. The molecule has 0 aromatic heterocycles. The zero-order chi connectivity index (χ0) is 18.1. The molecule has 0 aliphatic heterocycles. The van der Waals surface area contributed by atoms with Gasteiger partial charge in [0, 0.05) is 40.3 Å². The standard InChI is InChI=1S/C16H26N2O6/c1-11(19)17-10-6-9-15(21)23-12(2)24-16(22)18(3)13-7-4-5-8-14(13)20/h12-13H,4-10H2,1-3H3,(H,17,19). The van der Waals surface area contributed by atoms with E-state index in [4.69, 9.17) is 9.47 Å². The maximum Gasteiger partial charge on any atom is 0.413 e. The van der Waals surface area contributed by atoms with Gasteiger partial charge >= 0.3 is 12.1 Å². The lowest BCUT2D eigenvalue weighted by Crippen LogP contribution is -2.45. The van der Waals surface area contributed by atoms with Gasteiger partial charge in [0.1, 0.15) is 0 Å².